The Morgan fingerprint density at radius 3 is 2.59 bits per heavy atom. The molecule has 0 N–H and O–H groups in total. The highest BCUT2D eigenvalue weighted by Gasteiger charge is 2.62. The molecule has 2 saturated heterocycles. The van der Waals surface area contributed by atoms with Crippen LogP contribution in [0.1, 0.15) is 55.1 Å². The van der Waals surface area contributed by atoms with Crippen LogP contribution in [0, 0.1) is 5.41 Å². The molecule has 0 spiro atoms. The maximum atomic E-state index is 13.7. The van der Waals surface area contributed by atoms with Crippen LogP contribution in [0.25, 0.3) is 0 Å². The van der Waals surface area contributed by atoms with Gasteiger partial charge in [0.25, 0.3) is 5.91 Å². The van der Waals surface area contributed by atoms with Crippen molar-refractivity contribution in [2.24, 2.45) is 5.41 Å². The number of aromatic nitrogens is 2. The van der Waals surface area contributed by atoms with Gasteiger partial charge in [0.15, 0.2) is 5.69 Å². The van der Waals surface area contributed by atoms with E-state index < -0.39 is 0 Å². The summed E-state index contributed by atoms with van der Waals surface area (Å²) in [6.07, 6.45) is 8.48. The van der Waals surface area contributed by atoms with E-state index in [-0.39, 0.29) is 23.4 Å². The lowest BCUT2D eigenvalue weighted by Gasteiger charge is -2.49. The van der Waals surface area contributed by atoms with Gasteiger partial charge >= 0.3 is 0 Å². The Morgan fingerprint density at radius 2 is 1.86 bits per heavy atom. The van der Waals surface area contributed by atoms with Gasteiger partial charge in [-0.15, -0.1) is 5.10 Å². The molecule has 5 rings (SSSR count). The summed E-state index contributed by atoms with van der Waals surface area (Å²) in [6, 6.07) is 15.7. The zero-order valence-corrected chi connectivity index (χ0v) is 17.4. The van der Waals surface area contributed by atoms with Gasteiger partial charge in [-0.05, 0) is 50.4 Å². The summed E-state index contributed by atoms with van der Waals surface area (Å²) < 4.78 is 0. The number of hydrogen-bond acceptors (Lipinski definition) is 4. The molecule has 3 fully saturated rings. The zero-order valence-electron chi connectivity index (χ0n) is 17.4. The average molecular weight is 391 g/mol. The Balaban J connectivity index is 1.56. The van der Waals surface area contributed by atoms with Crippen LogP contribution >= 0.6 is 0 Å². The molecule has 1 aliphatic carbocycles. The molecule has 1 aromatic heterocycles. The summed E-state index contributed by atoms with van der Waals surface area (Å²) >= 11 is 0. The van der Waals surface area contributed by atoms with Crippen molar-refractivity contribution in [1.29, 1.82) is 0 Å². The van der Waals surface area contributed by atoms with E-state index in [9.17, 15) is 4.79 Å². The number of amides is 1. The maximum absolute atomic E-state index is 13.7. The van der Waals surface area contributed by atoms with Crippen molar-refractivity contribution in [2.45, 2.75) is 69.6 Å². The molecule has 5 atom stereocenters. The minimum atomic E-state index is 0.0610. The molecule has 3 aliphatic rings. The van der Waals surface area contributed by atoms with Gasteiger partial charge in [0, 0.05) is 35.8 Å². The van der Waals surface area contributed by atoms with Crippen LogP contribution in [-0.4, -0.2) is 57.1 Å². The molecule has 2 bridgehead atoms. The number of carbonyl (C=O) groups is 1. The first-order chi connectivity index (χ1) is 14.1. The number of likely N-dealkylation sites (N-methyl/N-ethyl adjacent to an activating group) is 1. The van der Waals surface area contributed by atoms with Crippen molar-refractivity contribution < 1.29 is 4.79 Å². The highest BCUT2D eigenvalue weighted by atomic mass is 16.2. The molecule has 1 amide bonds. The summed E-state index contributed by atoms with van der Waals surface area (Å²) in [5, 5.41) is 8.13. The third-order valence-corrected chi connectivity index (χ3v) is 7.84. The van der Waals surface area contributed by atoms with Crippen LogP contribution in [0.4, 0.5) is 0 Å². The number of fused-ring (bicyclic) bond motifs is 1. The lowest BCUT2D eigenvalue weighted by Crippen LogP contribution is -2.58. The van der Waals surface area contributed by atoms with Gasteiger partial charge in [-0.2, -0.15) is 5.10 Å². The number of hydrogen-bond donors (Lipinski definition) is 0. The molecule has 5 heteroatoms. The summed E-state index contributed by atoms with van der Waals surface area (Å²) in [4.78, 5) is 18.5. The summed E-state index contributed by atoms with van der Waals surface area (Å²) in [5.41, 5.74) is 1.98. The normalized spacial score (nSPS) is 34.1. The monoisotopic (exact) mass is 390 g/mol. The average Bonchev–Trinajstić information content (AvgIpc) is 2.89. The fourth-order valence-corrected chi connectivity index (χ4v) is 6.53. The van der Waals surface area contributed by atoms with Gasteiger partial charge in [0.2, 0.25) is 0 Å². The number of rotatable bonds is 3. The molecule has 2 aliphatic heterocycles. The van der Waals surface area contributed by atoms with Gasteiger partial charge in [-0.25, -0.2) is 0 Å². The van der Waals surface area contributed by atoms with E-state index in [1.165, 1.54) is 24.8 Å². The highest BCUT2D eigenvalue weighted by molar-refractivity contribution is 5.93. The van der Waals surface area contributed by atoms with Crippen LogP contribution < -0.4 is 0 Å². The zero-order chi connectivity index (χ0) is 20.0. The van der Waals surface area contributed by atoms with E-state index in [4.69, 9.17) is 0 Å². The number of likely N-dealkylation sites (tertiary alicyclic amines) is 2. The molecule has 2 aromatic rings. The molecule has 3 heterocycles. The van der Waals surface area contributed by atoms with Crippen molar-refractivity contribution in [3.8, 4) is 0 Å². The molecule has 152 valence electrons. The number of benzene rings is 1. The van der Waals surface area contributed by atoms with Crippen molar-refractivity contribution >= 4 is 5.91 Å². The van der Waals surface area contributed by atoms with Crippen molar-refractivity contribution in [3.63, 3.8) is 0 Å². The van der Waals surface area contributed by atoms with Crippen LogP contribution in [0.15, 0.2) is 48.7 Å². The standard InChI is InChI=1S/C24H30N4O/c1-24-16-20-19(15-17-9-4-3-5-10-17)27(2)21(24)12-6-7-13-22(24)28(20)23(29)18-11-8-14-25-26-18/h3-5,8-11,14,19-22H,6-7,12-13,15-16H2,1-2H3/t19-,20+,21-,22+,24-/m1/s1. The maximum Gasteiger partial charge on any atom is 0.274 e. The number of nitrogens with zero attached hydrogens (tertiary/aromatic N) is 4. The Morgan fingerprint density at radius 1 is 1.10 bits per heavy atom. The molecular weight excluding hydrogens is 360 g/mol. The minimum Gasteiger partial charge on any atom is -0.329 e. The molecule has 1 saturated carbocycles. The second kappa shape index (κ2) is 7.21. The summed E-state index contributed by atoms with van der Waals surface area (Å²) in [7, 11) is 2.29. The number of piperidine rings is 1. The first kappa shape index (κ1) is 18.7. The molecule has 0 unspecified atom stereocenters. The predicted molar refractivity (Wildman–Crippen MR) is 112 cm³/mol. The van der Waals surface area contributed by atoms with E-state index >= 15 is 0 Å². The second-order valence-electron chi connectivity index (χ2n) is 9.34. The Labute approximate surface area is 173 Å². The lowest BCUT2D eigenvalue weighted by molar-refractivity contribution is 0.0155. The SMILES string of the molecule is CN1[C@H](Cc2ccccc2)[C@@H]2C[C@@]3(C)[C@H](CCCC[C@@H]13)N2C(=O)c1cccnn1. The van der Waals surface area contributed by atoms with E-state index in [2.05, 4.69) is 64.3 Å². The van der Waals surface area contributed by atoms with Gasteiger partial charge in [0.1, 0.15) is 0 Å². The van der Waals surface area contributed by atoms with Crippen LogP contribution in [0.5, 0.6) is 0 Å². The lowest BCUT2D eigenvalue weighted by atomic mass is 9.69. The van der Waals surface area contributed by atoms with Gasteiger partial charge in [-0.3, -0.25) is 9.69 Å². The summed E-state index contributed by atoms with van der Waals surface area (Å²) in [5.74, 6) is 0.0610. The predicted octanol–water partition coefficient (Wildman–Crippen LogP) is 3.57. The largest absolute Gasteiger partial charge is 0.329 e. The van der Waals surface area contributed by atoms with Crippen LogP contribution in [0.2, 0.25) is 0 Å². The molecule has 1 aromatic carbocycles. The first-order valence-corrected chi connectivity index (χ1v) is 11.0. The van der Waals surface area contributed by atoms with Crippen LogP contribution in [0.3, 0.4) is 0 Å². The van der Waals surface area contributed by atoms with Crippen molar-refractivity contribution in [2.75, 3.05) is 7.05 Å². The number of carbonyl (C=O) groups excluding carboxylic acids is 1. The smallest absolute Gasteiger partial charge is 0.274 e. The molecule has 0 radical (unpaired) electrons. The van der Waals surface area contributed by atoms with Gasteiger partial charge in [0.05, 0.1) is 0 Å². The van der Waals surface area contributed by atoms with E-state index in [0.717, 1.165) is 19.3 Å². The fourth-order valence-electron chi connectivity index (χ4n) is 6.53. The Hall–Kier alpha value is -2.27. The summed E-state index contributed by atoms with van der Waals surface area (Å²) in [6.45, 7) is 2.43. The van der Waals surface area contributed by atoms with Gasteiger partial charge in [-0.1, -0.05) is 50.1 Å². The second-order valence-corrected chi connectivity index (χ2v) is 9.34. The van der Waals surface area contributed by atoms with Crippen molar-refractivity contribution in [1.82, 2.24) is 20.0 Å². The fraction of sp³-hybridized carbons (Fsp3) is 0.542. The quantitative estimate of drug-likeness (QED) is 0.804. The Bertz CT molecular complexity index is 873. The van der Waals surface area contributed by atoms with E-state index in [1.54, 1.807) is 6.20 Å². The van der Waals surface area contributed by atoms with E-state index in [0.29, 0.717) is 17.8 Å². The molecule has 29 heavy (non-hydrogen) atoms. The van der Waals surface area contributed by atoms with Crippen LogP contribution in [-0.2, 0) is 6.42 Å². The highest BCUT2D eigenvalue weighted by Crippen LogP contribution is 2.55. The van der Waals surface area contributed by atoms with E-state index in [1.807, 2.05) is 12.1 Å². The van der Waals surface area contributed by atoms with Crippen molar-refractivity contribution in [3.05, 3.63) is 59.9 Å². The third kappa shape index (κ3) is 2.98. The topological polar surface area (TPSA) is 49.3 Å². The first-order valence-electron chi connectivity index (χ1n) is 11.0. The van der Waals surface area contributed by atoms with Gasteiger partial charge < -0.3 is 4.90 Å². The third-order valence-electron chi connectivity index (χ3n) is 7.84. The molecular formula is C24H30N4O. The Kier molecular flexibility index (Phi) is 4.66. The minimum absolute atomic E-state index is 0.0610. The molecule has 5 nitrogen and oxygen atoms in total.